The molecule has 0 saturated carbocycles. The van der Waals surface area contributed by atoms with E-state index in [1.807, 2.05) is 32.9 Å². The van der Waals surface area contributed by atoms with E-state index >= 15 is 0 Å². The van der Waals surface area contributed by atoms with Crippen LogP contribution < -0.4 is 0 Å². The number of carboxylic acid groups (broad SMARTS) is 1. The van der Waals surface area contributed by atoms with Crippen LogP contribution in [-0.2, 0) is 9.53 Å². The fourth-order valence-corrected chi connectivity index (χ4v) is 3.96. The minimum Gasteiger partial charge on any atom is -0.481 e. The van der Waals surface area contributed by atoms with Crippen LogP contribution in [0.25, 0.3) is 11.0 Å². The molecule has 1 atom stereocenters. The molecule has 3 rings (SSSR count). The number of rotatable bonds is 4. The second kappa shape index (κ2) is 6.76. The summed E-state index contributed by atoms with van der Waals surface area (Å²) in [5, 5.41) is 10.7. The van der Waals surface area contributed by atoms with E-state index in [-0.39, 0.29) is 19.1 Å². The summed E-state index contributed by atoms with van der Waals surface area (Å²) in [7, 11) is 1.49. The van der Waals surface area contributed by atoms with Gasteiger partial charge in [0.25, 0.3) is 5.91 Å². The molecule has 1 aliphatic heterocycles. The van der Waals surface area contributed by atoms with Gasteiger partial charge in [-0.3, -0.25) is 9.59 Å². The van der Waals surface area contributed by atoms with E-state index in [2.05, 4.69) is 0 Å². The number of hydrogen-bond donors (Lipinski definition) is 1. The maximum absolute atomic E-state index is 13.1. The van der Waals surface area contributed by atoms with Crippen molar-refractivity contribution >= 4 is 22.8 Å². The molecule has 1 amide bonds. The lowest BCUT2D eigenvalue weighted by molar-refractivity contribution is -0.155. The molecule has 140 valence electrons. The van der Waals surface area contributed by atoms with Crippen LogP contribution >= 0.6 is 0 Å². The molecule has 2 heterocycles. The first kappa shape index (κ1) is 18.5. The lowest BCUT2D eigenvalue weighted by Gasteiger charge is -2.39. The van der Waals surface area contributed by atoms with E-state index in [9.17, 15) is 14.7 Å². The van der Waals surface area contributed by atoms with Crippen LogP contribution in [0.15, 0.2) is 16.5 Å². The summed E-state index contributed by atoms with van der Waals surface area (Å²) < 4.78 is 11.1. The highest BCUT2D eigenvalue weighted by atomic mass is 16.5. The minimum atomic E-state index is -1.06. The fraction of sp³-hybridized carbons (Fsp3) is 0.500. The summed E-state index contributed by atoms with van der Waals surface area (Å²) in [4.78, 5) is 26.5. The van der Waals surface area contributed by atoms with Crippen molar-refractivity contribution in [1.82, 2.24) is 4.90 Å². The molecule has 6 nitrogen and oxygen atoms in total. The van der Waals surface area contributed by atoms with Gasteiger partial charge in [-0.05, 0) is 44.7 Å². The molecule has 0 aliphatic carbocycles. The van der Waals surface area contributed by atoms with E-state index in [1.54, 1.807) is 4.90 Å². The Bertz CT molecular complexity index is 865. The van der Waals surface area contributed by atoms with Gasteiger partial charge < -0.3 is 19.2 Å². The molecule has 26 heavy (non-hydrogen) atoms. The van der Waals surface area contributed by atoms with Gasteiger partial charge in [0.05, 0.1) is 6.61 Å². The predicted molar refractivity (Wildman–Crippen MR) is 97.5 cm³/mol. The number of ether oxygens (including phenoxy) is 1. The third-order valence-corrected chi connectivity index (χ3v) is 5.42. The van der Waals surface area contributed by atoms with Gasteiger partial charge in [-0.1, -0.05) is 12.1 Å². The zero-order valence-corrected chi connectivity index (χ0v) is 15.7. The van der Waals surface area contributed by atoms with Crippen LogP contribution in [-0.4, -0.2) is 48.7 Å². The van der Waals surface area contributed by atoms with Crippen molar-refractivity contribution in [2.45, 2.75) is 33.6 Å². The largest absolute Gasteiger partial charge is 0.481 e. The van der Waals surface area contributed by atoms with Crippen molar-refractivity contribution in [2.75, 3.05) is 26.8 Å². The number of fused-ring (bicyclic) bond motifs is 1. The Labute approximate surface area is 152 Å². The highest BCUT2D eigenvalue weighted by molar-refractivity contribution is 6.00. The van der Waals surface area contributed by atoms with Crippen LogP contribution in [0.4, 0.5) is 0 Å². The van der Waals surface area contributed by atoms with Crippen LogP contribution in [0.2, 0.25) is 0 Å². The topological polar surface area (TPSA) is 80.0 Å². The van der Waals surface area contributed by atoms with Crippen LogP contribution in [0.1, 0.15) is 40.1 Å². The first-order chi connectivity index (χ1) is 12.3. The van der Waals surface area contributed by atoms with Crippen molar-refractivity contribution in [3.8, 4) is 0 Å². The van der Waals surface area contributed by atoms with Crippen molar-refractivity contribution in [3.05, 3.63) is 34.6 Å². The second-order valence-corrected chi connectivity index (χ2v) is 7.31. The Balaban J connectivity index is 1.98. The Morgan fingerprint density at radius 1 is 1.27 bits per heavy atom. The fourth-order valence-electron chi connectivity index (χ4n) is 3.96. The number of carbonyl (C=O) groups is 2. The molecule has 1 unspecified atom stereocenters. The summed E-state index contributed by atoms with van der Waals surface area (Å²) >= 11 is 0. The average Bonchev–Trinajstić information content (AvgIpc) is 2.96. The number of likely N-dealkylation sites (tertiary alicyclic amines) is 1. The van der Waals surface area contributed by atoms with Crippen LogP contribution in [0.3, 0.4) is 0 Å². The van der Waals surface area contributed by atoms with Gasteiger partial charge in [0.2, 0.25) is 0 Å². The van der Waals surface area contributed by atoms with Gasteiger partial charge >= 0.3 is 5.97 Å². The summed E-state index contributed by atoms with van der Waals surface area (Å²) in [6.45, 7) is 6.56. The molecule has 0 spiro atoms. The Hall–Kier alpha value is -2.34. The molecule has 6 heteroatoms. The number of aliphatic carboxylic acids is 1. The first-order valence-electron chi connectivity index (χ1n) is 8.81. The molecule has 1 aliphatic rings. The second-order valence-electron chi connectivity index (χ2n) is 7.31. The van der Waals surface area contributed by atoms with Gasteiger partial charge in [0, 0.05) is 31.1 Å². The molecular formula is C20H25NO5. The van der Waals surface area contributed by atoms with Crippen molar-refractivity contribution in [1.29, 1.82) is 0 Å². The van der Waals surface area contributed by atoms with Crippen molar-refractivity contribution in [2.24, 2.45) is 5.41 Å². The Morgan fingerprint density at radius 2 is 1.96 bits per heavy atom. The molecule has 0 radical (unpaired) electrons. The minimum absolute atomic E-state index is 0.0867. The summed E-state index contributed by atoms with van der Waals surface area (Å²) in [6.07, 6.45) is 1.12. The number of benzene rings is 1. The number of piperidine rings is 1. The normalized spacial score (nSPS) is 20.5. The van der Waals surface area contributed by atoms with Gasteiger partial charge in [0.1, 0.15) is 11.0 Å². The number of nitrogens with zero attached hydrogens (tertiary/aromatic N) is 1. The Morgan fingerprint density at radius 3 is 2.58 bits per heavy atom. The third kappa shape index (κ3) is 2.88. The van der Waals surface area contributed by atoms with Crippen LogP contribution in [0, 0.1) is 26.2 Å². The van der Waals surface area contributed by atoms with E-state index in [1.165, 1.54) is 7.11 Å². The Kier molecular flexibility index (Phi) is 4.80. The zero-order chi connectivity index (χ0) is 19.1. The molecule has 1 saturated heterocycles. The first-order valence-corrected chi connectivity index (χ1v) is 8.81. The lowest BCUT2D eigenvalue weighted by atomic mass is 9.80. The molecule has 0 bridgehead atoms. The number of carboxylic acids is 1. The maximum Gasteiger partial charge on any atom is 0.313 e. The number of aryl methyl sites for hydroxylation is 3. The van der Waals surface area contributed by atoms with E-state index in [0.29, 0.717) is 25.1 Å². The summed E-state index contributed by atoms with van der Waals surface area (Å²) in [5.41, 5.74) is 2.51. The SMILES string of the molecule is COCC1(C(=O)O)CCCN(C(=O)c2oc3c(C)ccc(C)c3c2C)C1. The quantitative estimate of drug-likeness (QED) is 0.906. The van der Waals surface area contributed by atoms with Crippen molar-refractivity contribution in [3.63, 3.8) is 0 Å². The van der Waals surface area contributed by atoms with Gasteiger partial charge in [-0.15, -0.1) is 0 Å². The maximum atomic E-state index is 13.1. The molecule has 1 aromatic heterocycles. The number of hydrogen-bond acceptors (Lipinski definition) is 4. The monoisotopic (exact) mass is 359 g/mol. The average molecular weight is 359 g/mol. The summed E-state index contributed by atoms with van der Waals surface area (Å²) in [5.74, 6) is -0.875. The number of amides is 1. The highest BCUT2D eigenvalue weighted by Gasteiger charge is 2.44. The number of furan rings is 1. The number of carbonyl (C=O) groups excluding carboxylic acids is 1. The third-order valence-electron chi connectivity index (χ3n) is 5.42. The molecule has 2 aromatic rings. The van der Waals surface area contributed by atoms with Gasteiger partial charge in [-0.25, -0.2) is 0 Å². The smallest absolute Gasteiger partial charge is 0.313 e. The van der Waals surface area contributed by atoms with Crippen molar-refractivity contribution < 1.29 is 23.8 Å². The van der Waals surface area contributed by atoms with E-state index in [0.717, 1.165) is 27.7 Å². The molecule has 1 aromatic carbocycles. The van der Waals surface area contributed by atoms with Crippen LogP contribution in [0.5, 0.6) is 0 Å². The molecule has 1 fully saturated rings. The van der Waals surface area contributed by atoms with E-state index in [4.69, 9.17) is 9.15 Å². The zero-order valence-electron chi connectivity index (χ0n) is 15.7. The summed E-state index contributed by atoms with van der Waals surface area (Å²) in [6, 6.07) is 3.99. The van der Waals surface area contributed by atoms with E-state index < -0.39 is 11.4 Å². The lowest BCUT2D eigenvalue weighted by Crippen LogP contribution is -2.52. The van der Waals surface area contributed by atoms with Gasteiger partial charge in [0.15, 0.2) is 5.76 Å². The molecule has 1 N–H and O–H groups in total. The molecular weight excluding hydrogens is 334 g/mol. The standard InChI is InChI=1S/C20H25NO5/c1-12-6-7-13(2)16-15(12)14(3)17(26-16)18(22)21-9-5-8-20(10-21,11-25-4)19(23)24/h6-7H,5,8-11H2,1-4H3,(H,23,24). The highest BCUT2D eigenvalue weighted by Crippen LogP contribution is 2.35. The van der Waals surface area contributed by atoms with Gasteiger partial charge in [-0.2, -0.15) is 0 Å². The predicted octanol–water partition coefficient (Wildman–Crippen LogP) is 3.31. The number of methoxy groups -OCH3 is 1.